The van der Waals surface area contributed by atoms with Crippen LogP contribution in [0.2, 0.25) is 0 Å². The first-order chi connectivity index (χ1) is 8.85. The SMILES string of the molecule is CC(C)c1ccc(C(C)(C)C)c2c1C1(CCO1)CC2. The Kier molecular flexibility index (Phi) is 2.83. The molecule has 1 aromatic carbocycles. The molecule has 1 heteroatoms. The van der Waals surface area contributed by atoms with Gasteiger partial charge in [-0.2, -0.15) is 0 Å². The minimum absolute atomic E-state index is 0.0796. The third-order valence-electron chi connectivity index (χ3n) is 4.89. The third kappa shape index (κ3) is 1.86. The van der Waals surface area contributed by atoms with E-state index in [2.05, 4.69) is 46.8 Å². The van der Waals surface area contributed by atoms with E-state index in [1.54, 1.807) is 11.1 Å². The van der Waals surface area contributed by atoms with Crippen LogP contribution < -0.4 is 0 Å². The fourth-order valence-electron chi connectivity index (χ4n) is 3.84. The van der Waals surface area contributed by atoms with Gasteiger partial charge in [0.05, 0.1) is 12.2 Å². The minimum Gasteiger partial charge on any atom is -0.370 e. The van der Waals surface area contributed by atoms with E-state index in [-0.39, 0.29) is 11.0 Å². The van der Waals surface area contributed by atoms with Crippen molar-refractivity contribution in [3.63, 3.8) is 0 Å². The molecular weight excluding hydrogens is 232 g/mol. The molecule has 0 bridgehead atoms. The molecule has 0 radical (unpaired) electrons. The molecule has 1 nitrogen and oxygen atoms in total. The molecule has 1 aromatic rings. The van der Waals surface area contributed by atoms with Gasteiger partial charge in [0.25, 0.3) is 0 Å². The van der Waals surface area contributed by atoms with Gasteiger partial charge in [0, 0.05) is 6.42 Å². The van der Waals surface area contributed by atoms with Crippen LogP contribution in [-0.4, -0.2) is 6.61 Å². The van der Waals surface area contributed by atoms with Crippen molar-refractivity contribution in [3.05, 3.63) is 34.4 Å². The predicted octanol–water partition coefficient (Wildman–Crippen LogP) is 4.67. The lowest BCUT2D eigenvalue weighted by Crippen LogP contribution is -2.39. The van der Waals surface area contributed by atoms with Gasteiger partial charge in [0.2, 0.25) is 0 Å². The average molecular weight is 258 g/mol. The minimum atomic E-state index is 0.0796. The number of rotatable bonds is 1. The van der Waals surface area contributed by atoms with Gasteiger partial charge in [0.15, 0.2) is 0 Å². The summed E-state index contributed by atoms with van der Waals surface area (Å²) in [6.07, 6.45) is 3.60. The highest BCUT2D eigenvalue weighted by Gasteiger charge is 2.48. The maximum atomic E-state index is 6.06. The molecule has 1 unspecified atom stereocenters. The fourth-order valence-corrected chi connectivity index (χ4v) is 3.84. The first-order valence-electron chi connectivity index (χ1n) is 7.66. The van der Waals surface area contributed by atoms with Crippen molar-refractivity contribution in [3.8, 4) is 0 Å². The number of ether oxygens (including phenoxy) is 1. The fraction of sp³-hybridized carbons (Fsp3) is 0.667. The van der Waals surface area contributed by atoms with E-state index in [1.807, 2.05) is 0 Å². The molecule has 0 N–H and O–H groups in total. The van der Waals surface area contributed by atoms with Crippen molar-refractivity contribution in [2.45, 2.75) is 70.8 Å². The second kappa shape index (κ2) is 4.09. The number of hydrogen-bond acceptors (Lipinski definition) is 1. The normalized spacial score (nSPS) is 25.8. The highest BCUT2D eigenvalue weighted by Crippen LogP contribution is 2.52. The topological polar surface area (TPSA) is 9.23 Å². The first-order valence-corrected chi connectivity index (χ1v) is 7.66. The molecule has 1 spiro atoms. The number of hydrogen-bond donors (Lipinski definition) is 0. The lowest BCUT2D eigenvalue weighted by Gasteiger charge is -2.41. The van der Waals surface area contributed by atoms with Crippen LogP contribution in [0, 0.1) is 0 Å². The molecular formula is C18H26O. The molecule has 0 aromatic heterocycles. The van der Waals surface area contributed by atoms with Crippen LogP contribution in [0.1, 0.15) is 75.6 Å². The van der Waals surface area contributed by atoms with Crippen molar-refractivity contribution in [1.82, 2.24) is 0 Å². The zero-order valence-corrected chi connectivity index (χ0v) is 13.0. The monoisotopic (exact) mass is 258 g/mol. The highest BCUT2D eigenvalue weighted by atomic mass is 16.5. The average Bonchev–Trinajstić information content (AvgIpc) is 2.65. The summed E-state index contributed by atoms with van der Waals surface area (Å²) < 4.78 is 6.06. The molecule has 19 heavy (non-hydrogen) atoms. The maximum absolute atomic E-state index is 6.06. The maximum Gasteiger partial charge on any atom is 0.0961 e. The number of fused-ring (bicyclic) bond motifs is 2. The van der Waals surface area contributed by atoms with Crippen molar-refractivity contribution < 1.29 is 4.74 Å². The van der Waals surface area contributed by atoms with Crippen molar-refractivity contribution in [2.75, 3.05) is 6.61 Å². The molecule has 1 fully saturated rings. The van der Waals surface area contributed by atoms with Crippen LogP contribution in [0.5, 0.6) is 0 Å². The molecule has 104 valence electrons. The molecule has 1 aliphatic heterocycles. The molecule has 1 atom stereocenters. The van der Waals surface area contributed by atoms with Crippen LogP contribution in [0.25, 0.3) is 0 Å². The summed E-state index contributed by atoms with van der Waals surface area (Å²) in [5.74, 6) is 0.585. The Labute approximate surface area is 117 Å². The standard InChI is InChI=1S/C18H26O/c1-12(2)13-6-7-15(17(3,4)5)14-8-9-18(16(13)14)10-11-19-18/h6-7,12H,8-11H2,1-5H3. The summed E-state index contributed by atoms with van der Waals surface area (Å²) in [5.41, 5.74) is 6.50. The zero-order chi connectivity index (χ0) is 13.8. The van der Waals surface area contributed by atoms with Crippen LogP contribution in [0.3, 0.4) is 0 Å². The summed E-state index contributed by atoms with van der Waals surface area (Å²) in [4.78, 5) is 0. The van der Waals surface area contributed by atoms with Gasteiger partial charge in [0.1, 0.15) is 0 Å². The largest absolute Gasteiger partial charge is 0.370 e. The summed E-state index contributed by atoms with van der Waals surface area (Å²) in [5, 5.41) is 0. The van der Waals surface area contributed by atoms with Crippen molar-refractivity contribution >= 4 is 0 Å². The zero-order valence-electron chi connectivity index (χ0n) is 13.0. The van der Waals surface area contributed by atoms with Gasteiger partial charge in [-0.1, -0.05) is 46.8 Å². The Bertz CT molecular complexity index is 501. The van der Waals surface area contributed by atoms with E-state index in [4.69, 9.17) is 4.74 Å². The summed E-state index contributed by atoms with van der Waals surface area (Å²) in [7, 11) is 0. The lowest BCUT2D eigenvalue weighted by atomic mass is 9.77. The van der Waals surface area contributed by atoms with E-state index in [0.29, 0.717) is 5.92 Å². The quantitative estimate of drug-likeness (QED) is 0.711. The Balaban J connectivity index is 2.22. The molecule has 1 heterocycles. The van der Waals surface area contributed by atoms with Gasteiger partial charge in [-0.05, 0) is 46.4 Å². The second-order valence-electron chi connectivity index (χ2n) is 7.55. The summed E-state index contributed by atoms with van der Waals surface area (Å²) >= 11 is 0. The van der Waals surface area contributed by atoms with E-state index in [1.165, 1.54) is 30.4 Å². The van der Waals surface area contributed by atoms with E-state index < -0.39 is 0 Å². The van der Waals surface area contributed by atoms with Crippen molar-refractivity contribution in [1.29, 1.82) is 0 Å². The predicted molar refractivity (Wildman–Crippen MR) is 79.8 cm³/mol. The Morgan fingerprint density at radius 3 is 2.32 bits per heavy atom. The van der Waals surface area contributed by atoms with Crippen LogP contribution >= 0.6 is 0 Å². The Morgan fingerprint density at radius 2 is 1.84 bits per heavy atom. The van der Waals surface area contributed by atoms with Crippen LogP contribution in [0.15, 0.2) is 12.1 Å². The van der Waals surface area contributed by atoms with Gasteiger partial charge < -0.3 is 4.74 Å². The van der Waals surface area contributed by atoms with Gasteiger partial charge in [-0.3, -0.25) is 0 Å². The van der Waals surface area contributed by atoms with Crippen LogP contribution in [-0.2, 0) is 22.2 Å². The summed E-state index contributed by atoms with van der Waals surface area (Å²) in [6, 6.07) is 4.73. The Hall–Kier alpha value is -0.820. The lowest BCUT2D eigenvalue weighted by molar-refractivity contribution is -0.152. The highest BCUT2D eigenvalue weighted by molar-refractivity contribution is 5.52. The van der Waals surface area contributed by atoms with Gasteiger partial charge in [-0.15, -0.1) is 0 Å². The molecule has 1 aliphatic carbocycles. The first kappa shape index (κ1) is 13.2. The summed E-state index contributed by atoms with van der Waals surface area (Å²) in [6.45, 7) is 12.5. The molecule has 0 amide bonds. The molecule has 0 saturated carbocycles. The number of benzene rings is 1. The van der Waals surface area contributed by atoms with E-state index in [0.717, 1.165) is 6.61 Å². The van der Waals surface area contributed by atoms with Gasteiger partial charge in [-0.25, -0.2) is 0 Å². The van der Waals surface area contributed by atoms with Crippen LogP contribution in [0.4, 0.5) is 0 Å². The van der Waals surface area contributed by atoms with E-state index in [9.17, 15) is 0 Å². The smallest absolute Gasteiger partial charge is 0.0961 e. The molecule has 1 saturated heterocycles. The Morgan fingerprint density at radius 1 is 1.16 bits per heavy atom. The van der Waals surface area contributed by atoms with Gasteiger partial charge >= 0.3 is 0 Å². The van der Waals surface area contributed by atoms with Crippen molar-refractivity contribution in [2.24, 2.45) is 0 Å². The molecule has 2 aliphatic rings. The second-order valence-corrected chi connectivity index (χ2v) is 7.55. The third-order valence-corrected chi connectivity index (χ3v) is 4.89. The van der Waals surface area contributed by atoms with E-state index >= 15 is 0 Å². The molecule has 3 rings (SSSR count).